The minimum Gasteiger partial charge on any atom is -0.355 e. The van der Waals surface area contributed by atoms with E-state index in [1.54, 1.807) is 31.1 Å². The predicted molar refractivity (Wildman–Crippen MR) is 135 cm³/mol. The second kappa shape index (κ2) is 14.2. The first-order valence-corrected chi connectivity index (χ1v) is 11.8. The molecular weight excluding hydrogens is 466 g/mol. The Labute approximate surface area is 211 Å². The summed E-state index contributed by atoms with van der Waals surface area (Å²) < 4.78 is 27.8. The van der Waals surface area contributed by atoms with E-state index < -0.39 is 5.82 Å². The number of aldehydes is 1. The molecule has 0 saturated heterocycles. The van der Waals surface area contributed by atoms with Gasteiger partial charge in [0.25, 0.3) is 5.91 Å². The summed E-state index contributed by atoms with van der Waals surface area (Å²) in [6, 6.07) is 9.15. The molecule has 1 amide bonds. The number of hydrazine groups is 1. The van der Waals surface area contributed by atoms with Crippen LogP contribution in [-0.4, -0.2) is 69.0 Å². The highest BCUT2D eigenvalue weighted by atomic mass is 19.1. The lowest BCUT2D eigenvalue weighted by atomic mass is 10.1. The molecule has 194 valence electrons. The fraction of sp³-hybridized carbons (Fsp3) is 0.423. The van der Waals surface area contributed by atoms with Gasteiger partial charge in [-0.3, -0.25) is 9.80 Å². The maximum atomic E-state index is 14.0. The van der Waals surface area contributed by atoms with E-state index in [2.05, 4.69) is 17.6 Å². The largest absolute Gasteiger partial charge is 0.355 e. The average molecular weight is 501 g/mol. The molecule has 10 heteroatoms. The van der Waals surface area contributed by atoms with Crippen LogP contribution in [0.2, 0.25) is 0 Å². The zero-order chi connectivity index (χ0) is 26.7. The first-order valence-electron chi connectivity index (χ1n) is 11.8. The van der Waals surface area contributed by atoms with Gasteiger partial charge in [0.15, 0.2) is 0 Å². The molecule has 0 fully saturated rings. The minimum atomic E-state index is -0.653. The number of nitrogens with zero attached hydrogens (tertiary/aromatic N) is 4. The number of hydrogen-bond donors (Lipinski definition) is 2. The van der Waals surface area contributed by atoms with Gasteiger partial charge in [-0.2, -0.15) is 5.26 Å². The summed E-state index contributed by atoms with van der Waals surface area (Å²) in [7, 11) is 3.54. The van der Waals surface area contributed by atoms with Crippen molar-refractivity contribution in [1.29, 1.82) is 5.26 Å². The van der Waals surface area contributed by atoms with Gasteiger partial charge in [0, 0.05) is 44.5 Å². The van der Waals surface area contributed by atoms with E-state index in [1.807, 2.05) is 13.1 Å². The number of anilines is 1. The van der Waals surface area contributed by atoms with Crippen molar-refractivity contribution in [2.75, 3.05) is 51.7 Å². The van der Waals surface area contributed by atoms with Gasteiger partial charge >= 0.3 is 0 Å². The summed E-state index contributed by atoms with van der Waals surface area (Å²) in [5.41, 5.74) is 2.17. The zero-order valence-corrected chi connectivity index (χ0v) is 21.3. The van der Waals surface area contributed by atoms with Crippen LogP contribution in [-0.2, 0) is 22.7 Å². The molecule has 2 aromatic rings. The predicted octanol–water partition coefficient (Wildman–Crippen LogP) is 2.35. The number of carbonyl (C=O) groups is 2. The molecule has 36 heavy (non-hydrogen) atoms. The number of aryl methyl sites for hydroxylation is 1. The van der Waals surface area contributed by atoms with Crippen LogP contribution in [0.1, 0.15) is 29.2 Å². The van der Waals surface area contributed by atoms with Crippen LogP contribution in [0.15, 0.2) is 30.3 Å². The molecule has 3 rings (SSSR count). The number of likely N-dealkylation sites (N-methyl/N-ethyl adjacent to an activating group) is 3. The molecule has 0 aromatic heterocycles. The van der Waals surface area contributed by atoms with E-state index in [0.29, 0.717) is 29.6 Å². The van der Waals surface area contributed by atoms with Crippen LogP contribution in [0, 0.1) is 29.9 Å². The van der Waals surface area contributed by atoms with E-state index in [-0.39, 0.29) is 36.9 Å². The lowest BCUT2D eigenvalue weighted by Crippen LogP contribution is -2.46. The maximum absolute atomic E-state index is 14.0. The molecule has 0 unspecified atom stereocenters. The fourth-order valence-electron chi connectivity index (χ4n) is 3.81. The van der Waals surface area contributed by atoms with Crippen molar-refractivity contribution < 1.29 is 18.4 Å². The second-order valence-electron chi connectivity index (χ2n) is 8.35. The number of nitriles is 1. The maximum Gasteiger partial charge on any atom is 0.256 e. The molecule has 0 radical (unpaired) electrons. The monoisotopic (exact) mass is 500 g/mol. The lowest BCUT2D eigenvalue weighted by Gasteiger charge is -2.31. The van der Waals surface area contributed by atoms with E-state index in [9.17, 15) is 18.4 Å². The molecule has 8 nitrogen and oxygen atoms in total. The van der Waals surface area contributed by atoms with Crippen molar-refractivity contribution in [3.8, 4) is 6.07 Å². The zero-order valence-electron chi connectivity index (χ0n) is 21.3. The summed E-state index contributed by atoms with van der Waals surface area (Å²) in [5, 5.41) is 18.4. The summed E-state index contributed by atoms with van der Waals surface area (Å²) in [6.45, 7) is 7.39. The standard InChI is InChI=1S/C21H20F2N4O2.C5H14N2/c1-14-8-19(23)16(10-24)9-20(14)26(6-7-28)13-21(29)25(2)27-11-15-4-3-5-18(22)17(15)12-27;1-3-7-5-4-6-2/h3-5,7-9H,6,11-13H2,1-2H3;6-7H,3-5H2,1-2H3. The molecular formula is C26H34F2N6O2. The Hall–Kier alpha value is -3.39. The number of nitrogens with one attached hydrogen (secondary N) is 2. The molecule has 0 saturated carbocycles. The van der Waals surface area contributed by atoms with Crippen molar-refractivity contribution >= 4 is 17.9 Å². The SMILES string of the molecule is CCNCCNC.Cc1cc(F)c(C#N)cc1N(CC=O)CC(=O)N(C)N1Cc2cccc(F)c2C1. The highest BCUT2D eigenvalue weighted by Crippen LogP contribution is 2.27. The van der Waals surface area contributed by atoms with Gasteiger partial charge in [-0.1, -0.05) is 19.1 Å². The summed E-state index contributed by atoms with van der Waals surface area (Å²) in [6.07, 6.45) is 0.642. The van der Waals surface area contributed by atoms with Crippen molar-refractivity contribution in [2.24, 2.45) is 0 Å². The normalized spacial score (nSPS) is 12.2. The summed E-state index contributed by atoms with van der Waals surface area (Å²) >= 11 is 0. The Kier molecular flexibility index (Phi) is 11.4. The van der Waals surface area contributed by atoms with Crippen LogP contribution < -0.4 is 15.5 Å². The van der Waals surface area contributed by atoms with Crippen molar-refractivity contribution in [1.82, 2.24) is 20.7 Å². The van der Waals surface area contributed by atoms with E-state index in [0.717, 1.165) is 25.2 Å². The van der Waals surface area contributed by atoms with Crippen LogP contribution in [0.4, 0.5) is 14.5 Å². The van der Waals surface area contributed by atoms with Gasteiger partial charge in [0.2, 0.25) is 0 Å². The molecule has 0 bridgehead atoms. The molecule has 2 aromatic carbocycles. The van der Waals surface area contributed by atoms with Gasteiger partial charge in [-0.25, -0.2) is 13.8 Å². The quantitative estimate of drug-likeness (QED) is 0.382. The van der Waals surface area contributed by atoms with Crippen LogP contribution in [0.3, 0.4) is 0 Å². The Morgan fingerprint density at radius 3 is 2.58 bits per heavy atom. The number of benzene rings is 2. The van der Waals surface area contributed by atoms with Crippen molar-refractivity contribution in [3.63, 3.8) is 0 Å². The Morgan fingerprint density at radius 1 is 1.22 bits per heavy atom. The molecule has 0 atom stereocenters. The molecule has 2 N–H and O–H groups in total. The van der Waals surface area contributed by atoms with Crippen LogP contribution >= 0.6 is 0 Å². The van der Waals surface area contributed by atoms with E-state index in [4.69, 9.17) is 5.26 Å². The third-order valence-corrected chi connectivity index (χ3v) is 5.86. The minimum absolute atomic E-state index is 0.0915. The number of hydrogen-bond acceptors (Lipinski definition) is 7. The lowest BCUT2D eigenvalue weighted by molar-refractivity contribution is -0.145. The molecule has 1 aliphatic heterocycles. The molecule has 0 aliphatic carbocycles. The number of fused-ring (bicyclic) bond motifs is 1. The van der Waals surface area contributed by atoms with Crippen LogP contribution in [0.5, 0.6) is 0 Å². The first-order chi connectivity index (χ1) is 17.3. The summed E-state index contributed by atoms with van der Waals surface area (Å²) in [5.74, 6) is -1.28. The third kappa shape index (κ3) is 7.55. The Bertz CT molecular complexity index is 1080. The van der Waals surface area contributed by atoms with Crippen molar-refractivity contribution in [3.05, 3.63) is 64.2 Å². The van der Waals surface area contributed by atoms with E-state index in [1.165, 1.54) is 28.1 Å². The first kappa shape index (κ1) is 28.8. The Morgan fingerprint density at radius 2 is 1.97 bits per heavy atom. The van der Waals surface area contributed by atoms with Crippen LogP contribution in [0.25, 0.3) is 0 Å². The summed E-state index contributed by atoms with van der Waals surface area (Å²) in [4.78, 5) is 25.5. The van der Waals surface area contributed by atoms with Gasteiger partial charge in [0.1, 0.15) is 24.0 Å². The second-order valence-corrected chi connectivity index (χ2v) is 8.35. The Balaban J connectivity index is 0.000000572. The fourth-order valence-corrected chi connectivity index (χ4v) is 3.81. The van der Waals surface area contributed by atoms with Gasteiger partial charge in [-0.15, -0.1) is 0 Å². The van der Waals surface area contributed by atoms with Gasteiger partial charge in [-0.05, 0) is 49.8 Å². The third-order valence-electron chi connectivity index (χ3n) is 5.86. The van der Waals surface area contributed by atoms with E-state index >= 15 is 0 Å². The number of amides is 1. The van der Waals surface area contributed by atoms with Crippen molar-refractivity contribution in [2.45, 2.75) is 26.9 Å². The topological polar surface area (TPSA) is 91.7 Å². The number of halogens is 2. The highest BCUT2D eigenvalue weighted by Gasteiger charge is 2.28. The van der Waals surface area contributed by atoms with Gasteiger partial charge < -0.3 is 20.3 Å². The molecule has 0 spiro atoms. The molecule has 1 aliphatic rings. The van der Waals surface area contributed by atoms with Gasteiger partial charge in [0.05, 0.1) is 18.7 Å². The number of carbonyl (C=O) groups excluding carboxylic acids is 2. The average Bonchev–Trinajstić information content (AvgIpc) is 3.30. The number of rotatable bonds is 10. The highest BCUT2D eigenvalue weighted by molar-refractivity contribution is 5.82. The smallest absolute Gasteiger partial charge is 0.256 e. The molecule has 1 heterocycles.